The van der Waals surface area contributed by atoms with Crippen LogP contribution in [-0.2, 0) is 25.0 Å². The number of allylic oxidation sites excluding steroid dienone is 6. The summed E-state index contributed by atoms with van der Waals surface area (Å²) in [5.41, 5.74) is 7.28. The third kappa shape index (κ3) is 9.11. The Hall–Kier alpha value is -4.37. The molecule has 1 saturated carbocycles. The summed E-state index contributed by atoms with van der Waals surface area (Å²) in [5.74, 6) is -0.994. The van der Waals surface area contributed by atoms with Crippen molar-refractivity contribution in [3.8, 4) is 22.3 Å². The molecular formula is C41H36N2O7S4-2. The number of carbonyl (C=O) groups excluding carboxylic acids is 1. The number of hydrogen-bond acceptors (Lipinski definition) is 11. The molecule has 0 atom stereocenters. The van der Waals surface area contributed by atoms with Gasteiger partial charge in [-0.3, -0.25) is 4.79 Å². The molecule has 4 aromatic rings. The van der Waals surface area contributed by atoms with E-state index < -0.39 is 31.7 Å². The minimum absolute atomic E-state index is 0.0598. The van der Waals surface area contributed by atoms with Gasteiger partial charge in [0.05, 0.1) is 41.7 Å². The minimum atomic E-state index is -4.37. The lowest BCUT2D eigenvalue weighted by Gasteiger charge is -2.21. The molecule has 0 saturated heterocycles. The number of rotatable bonds is 12. The Morgan fingerprint density at radius 1 is 0.556 bits per heavy atom. The largest absolute Gasteiger partial charge is 0.748 e. The molecular weight excluding hydrogens is 761 g/mol. The average molecular weight is 797 g/mol. The SMILES string of the molecule is O=C1/C(=C\C=C2\Sc3ccc(-c4ccccc4)cc3N2CCCS(=O)(=O)[O-])CC/C1=C\C=C1\Sc2ccc(-c3ccccc3)cc2N1CCCS(=O)(=O)[O-]. The normalized spacial score (nSPS) is 18.7. The highest BCUT2D eigenvalue weighted by Crippen LogP contribution is 2.49. The second kappa shape index (κ2) is 16.2. The van der Waals surface area contributed by atoms with E-state index in [2.05, 4.69) is 12.1 Å². The Kier molecular flexibility index (Phi) is 11.3. The summed E-state index contributed by atoms with van der Waals surface area (Å²) in [4.78, 5) is 19.7. The van der Waals surface area contributed by atoms with Crippen LogP contribution in [-0.4, -0.2) is 56.3 Å². The van der Waals surface area contributed by atoms with E-state index in [0.717, 1.165) is 53.5 Å². The summed E-state index contributed by atoms with van der Waals surface area (Å²) >= 11 is 3.07. The van der Waals surface area contributed by atoms with Crippen LogP contribution in [0.25, 0.3) is 22.3 Å². The first kappa shape index (κ1) is 37.9. The van der Waals surface area contributed by atoms with Crippen molar-refractivity contribution < 1.29 is 30.7 Å². The maximum Gasteiger partial charge on any atom is 0.185 e. The maximum absolute atomic E-state index is 13.6. The Morgan fingerprint density at radius 2 is 0.963 bits per heavy atom. The van der Waals surface area contributed by atoms with Gasteiger partial charge in [0.15, 0.2) is 5.78 Å². The van der Waals surface area contributed by atoms with Gasteiger partial charge in [0.2, 0.25) is 0 Å². The van der Waals surface area contributed by atoms with Gasteiger partial charge < -0.3 is 18.9 Å². The minimum Gasteiger partial charge on any atom is -0.748 e. The highest BCUT2D eigenvalue weighted by molar-refractivity contribution is 8.04. The molecule has 7 rings (SSSR count). The van der Waals surface area contributed by atoms with Crippen molar-refractivity contribution in [2.75, 3.05) is 34.4 Å². The molecule has 2 heterocycles. The lowest BCUT2D eigenvalue weighted by molar-refractivity contribution is -0.111. The zero-order valence-electron chi connectivity index (χ0n) is 29.1. The van der Waals surface area contributed by atoms with Crippen LogP contribution in [0, 0.1) is 0 Å². The molecule has 278 valence electrons. The third-order valence-electron chi connectivity index (χ3n) is 9.33. The van der Waals surface area contributed by atoms with Crippen LogP contribution < -0.4 is 9.80 Å². The molecule has 0 aromatic heterocycles. The summed E-state index contributed by atoms with van der Waals surface area (Å²) in [5, 5.41) is 1.67. The average Bonchev–Trinajstić information content (AvgIpc) is 3.81. The number of hydrogen-bond donors (Lipinski definition) is 0. The zero-order chi connectivity index (χ0) is 37.9. The van der Waals surface area contributed by atoms with E-state index in [0.29, 0.717) is 37.1 Å². The molecule has 0 amide bonds. The third-order valence-corrected chi connectivity index (χ3v) is 13.2. The lowest BCUT2D eigenvalue weighted by Crippen LogP contribution is -2.21. The molecule has 1 aliphatic carbocycles. The van der Waals surface area contributed by atoms with Crippen LogP contribution in [0.3, 0.4) is 0 Å². The molecule has 0 unspecified atom stereocenters. The van der Waals surface area contributed by atoms with Crippen molar-refractivity contribution in [3.05, 3.63) is 143 Å². The van der Waals surface area contributed by atoms with E-state index >= 15 is 0 Å². The molecule has 3 aliphatic rings. The molecule has 0 bridgehead atoms. The van der Waals surface area contributed by atoms with E-state index in [4.69, 9.17) is 0 Å². The molecule has 54 heavy (non-hydrogen) atoms. The van der Waals surface area contributed by atoms with E-state index in [1.165, 1.54) is 23.5 Å². The number of anilines is 2. The maximum atomic E-state index is 13.6. The van der Waals surface area contributed by atoms with Gasteiger partial charge in [-0.2, -0.15) is 0 Å². The summed E-state index contributed by atoms with van der Waals surface area (Å²) in [7, 11) is -8.73. The van der Waals surface area contributed by atoms with Crippen molar-refractivity contribution in [2.45, 2.75) is 35.5 Å². The predicted octanol–water partition coefficient (Wildman–Crippen LogP) is 8.31. The molecule has 1 fully saturated rings. The van der Waals surface area contributed by atoms with Crippen molar-refractivity contribution in [1.82, 2.24) is 0 Å². The first-order valence-corrected chi connectivity index (χ1v) is 22.2. The summed E-state index contributed by atoms with van der Waals surface area (Å²) in [6, 6.07) is 32.2. The first-order valence-electron chi connectivity index (χ1n) is 17.5. The van der Waals surface area contributed by atoms with Crippen molar-refractivity contribution in [1.29, 1.82) is 0 Å². The molecule has 0 N–H and O–H groups in total. The van der Waals surface area contributed by atoms with Gasteiger partial charge in [-0.15, -0.1) is 0 Å². The first-order chi connectivity index (χ1) is 25.9. The van der Waals surface area contributed by atoms with Crippen LogP contribution in [0.2, 0.25) is 0 Å². The molecule has 2 aliphatic heterocycles. The van der Waals surface area contributed by atoms with Gasteiger partial charge in [0.25, 0.3) is 0 Å². The Labute approximate surface area is 324 Å². The fourth-order valence-corrected chi connectivity index (χ4v) is 9.80. The quantitative estimate of drug-likeness (QED) is 0.101. The summed E-state index contributed by atoms with van der Waals surface area (Å²) in [6.07, 6.45) is 8.90. The highest BCUT2D eigenvalue weighted by atomic mass is 32.2. The van der Waals surface area contributed by atoms with Crippen LogP contribution in [0.1, 0.15) is 25.7 Å². The lowest BCUT2D eigenvalue weighted by atomic mass is 10.0. The van der Waals surface area contributed by atoms with Crippen LogP contribution in [0.5, 0.6) is 0 Å². The van der Waals surface area contributed by atoms with E-state index in [1.807, 2.05) is 119 Å². The van der Waals surface area contributed by atoms with E-state index in [-0.39, 0.29) is 18.6 Å². The number of benzene rings is 4. The molecule has 13 heteroatoms. The number of nitrogens with zero attached hydrogens (tertiary/aromatic N) is 2. The smallest absolute Gasteiger partial charge is 0.185 e. The molecule has 0 spiro atoms. The van der Waals surface area contributed by atoms with Gasteiger partial charge in [-0.25, -0.2) is 16.8 Å². The summed E-state index contributed by atoms with van der Waals surface area (Å²) < 4.78 is 68.5. The van der Waals surface area contributed by atoms with Gasteiger partial charge in [0, 0.05) is 45.5 Å². The number of ketones is 1. The van der Waals surface area contributed by atoms with Crippen LogP contribution >= 0.6 is 23.5 Å². The van der Waals surface area contributed by atoms with E-state index in [9.17, 15) is 30.7 Å². The Balaban J connectivity index is 1.12. The standard InChI is InChI=1S/C41H38N2O7S4/c44-41-31(17-21-39-42(23-7-25-53(45,46)47)35-27-33(15-19-37(35)51-39)29-9-3-1-4-10-29)13-14-32(41)18-22-40-43(24-8-26-54(48,49)50)36-28-34(16-20-38(36)52-40)30-11-5-2-6-12-30/h1-6,9-12,15-22,27-28H,7-8,13-14,23-26H2,(H,45,46,47)(H,48,49,50)/p-2/b31-17-,32-18+,39-21+,40-22+. The monoisotopic (exact) mass is 796 g/mol. The second-order valence-electron chi connectivity index (χ2n) is 13.1. The molecule has 4 aromatic carbocycles. The number of carbonyl (C=O) groups is 1. The molecule has 9 nitrogen and oxygen atoms in total. The number of fused-ring (bicyclic) bond motifs is 2. The van der Waals surface area contributed by atoms with Gasteiger partial charge in [0.1, 0.15) is 0 Å². The predicted molar refractivity (Wildman–Crippen MR) is 215 cm³/mol. The highest BCUT2D eigenvalue weighted by Gasteiger charge is 2.28. The topological polar surface area (TPSA) is 138 Å². The second-order valence-corrected chi connectivity index (χ2v) is 18.2. The van der Waals surface area contributed by atoms with Crippen molar-refractivity contribution in [3.63, 3.8) is 0 Å². The van der Waals surface area contributed by atoms with Crippen LogP contribution in [0.15, 0.2) is 152 Å². The number of thioether (sulfide) groups is 2. The fourth-order valence-electron chi connectivity index (χ4n) is 6.70. The fraction of sp³-hybridized carbons (Fsp3) is 0.195. The zero-order valence-corrected chi connectivity index (χ0v) is 32.4. The van der Waals surface area contributed by atoms with E-state index in [1.54, 1.807) is 0 Å². The number of Topliss-reactive ketones (excluding diaryl/α,β-unsaturated/α-hetero) is 1. The van der Waals surface area contributed by atoms with Gasteiger partial charge in [-0.05, 0) is 84.4 Å². The van der Waals surface area contributed by atoms with Gasteiger partial charge >= 0.3 is 0 Å². The van der Waals surface area contributed by atoms with Crippen molar-refractivity contribution in [2.24, 2.45) is 0 Å². The molecule has 0 radical (unpaired) electrons. The van der Waals surface area contributed by atoms with Crippen LogP contribution in [0.4, 0.5) is 11.4 Å². The Bertz CT molecular complexity index is 2260. The summed E-state index contributed by atoms with van der Waals surface area (Å²) in [6.45, 7) is 0.650. The van der Waals surface area contributed by atoms with Gasteiger partial charge in [-0.1, -0.05) is 108 Å². The Morgan fingerprint density at radius 3 is 1.35 bits per heavy atom. The van der Waals surface area contributed by atoms with Crippen molar-refractivity contribution >= 4 is 60.9 Å².